The molecule has 2 aromatic heterocycles. The third-order valence-corrected chi connectivity index (χ3v) is 9.90. The molecule has 0 radical (unpaired) electrons. The van der Waals surface area contributed by atoms with Gasteiger partial charge in [-0.1, -0.05) is 132 Å². The van der Waals surface area contributed by atoms with Crippen LogP contribution >= 0.6 is 11.3 Å². The van der Waals surface area contributed by atoms with Gasteiger partial charge in [0.15, 0.2) is 0 Å². The number of fused-ring (bicyclic) bond motifs is 6. The molecule has 238 valence electrons. The van der Waals surface area contributed by atoms with Crippen molar-refractivity contribution in [2.75, 3.05) is 0 Å². The summed E-state index contributed by atoms with van der Waals surface area (Å²) >= 11 is 1.87. The zero-order valence-corrected chi connectivity index (χ0v) is 31.0. The van der Waals surface area contributed by atoms with E-state index in [1.54, 1.807) is 0 Å². The van der Waals surface area contributed by atoms with Crippen LogP contribution in [0, 0.1) is 18.2 Å². The fraction of sp³-hybridized carbons (Fsp3) is 0. The second-order valence-electron chi connectivity index (χ2n) is 11.8. The average Bonchev–Trinajstić information content (AvgIpc) is 3.79. The van der Waals surface area contributed by atoms with Crippen molar-refractivity contribution in [3.63, 3.8) is 0 Å². The summed E-state index contributed by atoms with van der Waals surface area (Å²) in [6.07, 6.45) is 0. The number of hydrogen-bond donors (Lipinski definition) is 0. The summed E-state index contributed by atoms with van der Waals surface area (Å²) in [6, 6.07) is 73.4. The molecule has 10 aromatic rings. The van der Waals surface area contributed by atoms with Crippen LogP contribution in [0.15, 0.2) is 192 Å². The van der Waals surface area contributed by atoms with Gasteiger partial charge in [-0.15, -0.1) is 22.5 Å². The van der Waals surface area contributed by atoms with Crippen molar-refractivity contribution in [3.8, 4) is 33.4 Å². The van der Waals surface area contributed by atoms with E-state index in [0.717, 1.165) is 33.1 Å². The van der Waals surface area contributed by atoms with Crippen molar-refractivity contribution < 1.29 is 34.0 Å². The third-order valence-electron chi connectivity index (χ3n) is 8.68. The molecule has 51 heavy (non-hydrogen) atoms. The van der Waals surface area contributed by atoms with Gasteiger partial charge in [0.25, 0.3) is 0 Å². The first kappa shape index (κ1) is 34.2. The second-order valence-corrected chi connectivity index (χ2v) is 12.9. The van der Waals surface area contributed by atoms with Crippen molar-refractivity contribution >= 4 is 53.4 Å². The van der Waals surface area contributed by atoms with Gasteiger partial charge in [0, 0.05) is 25.8 Å². The normalized spacial score (nSPS) is 10.6. The van der Waals surface area contributed by atoms with Gasteiger partial charge in [-0.2, -0.15) is 78.9 Å². The first-order valence-electron chi connectivity index (χ1n) is 16.6. The number of benzene rings is 8. The number of thiophene rings is 1. The van der Waals surface area contributed by atoms with E-state index in [9.17, 15) is 0 Å². The SMILES string of the molecule is [Na+].[c-]1cc(-c2ccccc2)c2oc3ccccc3c2c1.[c-]1ccc(-c2cccc3c2sc2ccccc23)cc1.[c-]1ccc(-c2ccccc2)cc1. The smallest absolute Gasteiger partial charge is 0.482 e. The Kier molecular flexibility index (Phi) is 10.9. The van der Waals surface area contributed by atoms with E-state index in [0.29, 0.717) is 0 Å². The first-order valence-corrected chi connectivity index (χ1v) is 17.4. The van der Waals surface area contributed by atoms with E-state index in [1.807, 2.05) is 102 Å². The molecular formula is C48H31NaOS-2. The van der Waals surface area contributed by atoms with Gasteiger partial charge < -0.3 is 4.42 Å². The zero-order valence-electron chi connectivity index (χ0n) is 28.2. The largest absolute Gasteiger partial charge is 1.00 e. The van der Waals surface area contributed by atoms with Gasteiger partial charge in [-0.3, -0.25) is 0 Å². The summed E-state index contributed by atoms with van der Waals surface area (Å²) in [5.41, 5.74) is 9.18. The zero-order chi connectivity index (χ0) is 33.5. The fourth-order valence-corrected chi connectivity index (χ4v) is 7.50. The molecule has 1 nitrogen and oxygen atoms in total. The van der Waals surface area contributed by atoms with E-state index < -0.39 is 0 Å². The van der Waals surface area contributed by atoms with Crippen LogP contribution in [-0.4, -0.2) is 0 Å². The van der Waals surface area contributed by atoms with Gasteiger partial charge in [-0.05, 0) is 28.6 Å². The van der Waals surface area contributed by atoms with E-state index in [4.69, 9.17) is 4.42 Å². The predicted molar refractivity (Wildman–Crippen MR) is 212 cm³/mol. The average molecular weight is 679 g/mol. The van der Waals surface area contributed by atoms with Crippen LogP contribution in [0.2, 0.25) is 0 Å². The van der Waals surface area contributed by atoms with Crippen molar-refractivity contribution in [3.05, 3.63) is 206 Å². The van der Waals surface area contributed by atoms with Crippen LogP contribution in [0.3, 0.4) is 0 Å². The summed E-state index contributed by atoms with van der Waals surface area (Å²) in [5.74, 6) is 0. The topological polar surface area (TPSA) is 13.1 Å². The third kappa shape index (κ3) is 7.46. The minimum Gasteiger partial charge on any atom is -0.482 e. The molecule has 0 saturated carbocycles. The number of hydrogen-bond acceptors (Lipinski definition) is 2. The maximum Gasteiger partial charge on any atom is 1.00 e. The molecule has 0 fully saturated rings. The summed E-state index contributed by atoms with van der Waals surface area (Å²) in [6.45, 7) is 0. The first-order chi connectivity index (χ1) is 24.8. The molecular weight excluding hydrogens is 648 g/mol. The van der Waals surface area contributed by atoms with Gasteiger partial charge in [0.1, 0.15) is 5.58 Å². The molecule has 0 atom stereocenters. The maximum absolute atomic E-state index is 6.02. The molecule has 0 aliphatic heterocycles. The quantitative estimate of drug-likeness (QED) is 0.134. The van der Waals surface area contributed by atoms with Crippen LogP contribution in [-0.2, 0) is 0 Å². The second kappa shape index (κ2) is 16.2. The Morgan fingerprint density at radius 3 is 1.67 bits per heavy atom. The Morgan fingerprint density at radius 2 is 0.941 bits per heavy atom. The molecule has 0 bridgehead atoms. The molecule has 10 rings (SSSR count). The fourth-order valence-electron chi connectivity index (χ4n) is 6.27. The van der Waals surface area contributed by atoms with Gasteiger partial charge in [0.05, 0.1) is 0 Å². The van der Waals surface area contributed by atoms with Crippen LogP contribution in [0.4, 0.5) is 0 Å². The Balaban J connectivity index is 0.000000122. The molecule has 3 heteroatoms. The van der Waals surface area contributed by atoms with E-state index in [2.05, 4.69) is 115 Å². The Bertz CT molecular complexity index is 2440. The Labute approximate surface area is 324 Å². The Hall–Kier alpha value is -5.22. The molecule has 0 spiro atoms. The number of para-hydroxylation sites is 1. The molecule has 8 aromatic carbocycles. The van der Waals surface area contributed by atoms with Crippen molar-refractivity contribution in [1.82, 2.24) is 0 Å². The van der Waals surface area contributed by atoms with Crippen LogP contribution < -0.4 is 29.6 Å². The molecule has 0 saturated heterocycles. The van der Waals surface area contributed by atoms with Crippen LogP contribution in [0.1, 0.15) is 0 Å². The molecule has 0 amide bonds. The van der Waals surface area contributed by atoms with Gasteiger partial charge in [0.2, 0.25) is 0 Å². The van der Waals surface area contributed by atoms with Crippen LogP contribution in [0.25, 0.3) is 75.5 Å². The standard InChI is InChI=1S/C18H11O.C18H11S.C12H9.Na/c2*1-2-7-13(8-3-1)14-10-6-11-16-15-9-4-5-12-17(15)19-18(14)16;1-3-7-11(8-4-1)12-9-5-2-6-10-12;/h1-5,7-12H;2-12H;1,3-10H;/q3*-1;+1. The van der Waals surface area contributed by atoms with E-state index in [-0.39, 0.29) is 29.6 Å². The number of furan rings is 1. The minimum absolute atomic E-state index is 0. The number of rotatable bonds is 3. The molecule has 0 aliphatic carbocycles. The summed E-state index contributed by atoms with van der Waals surface area (Å²) in [7, 11) is 0. The van der Waals surface area contributed by atoms with Gasteiger partial charge in [-0.25, -0.2) is 0 Å². The van der Waals surface area contributed by atoms with E-state index >= 15 is 0 Å². The summed E-state index contributed by atoms with van der Waals surface area (Å²) in [5, 5.41) is 4.97. The van der Waals surface area contributed by atoms with Crippen molar-refractivity contribution in [1.29, 1.82) is 0 Å². The molecule has 0 aliphatic rings. The van der Waals surface area contributed by atoms with Gasteiger partial charge >= 0.3 is 29.6 Å². The van der Waals surface area contributed by atoms with E-state index in [1.165, 1.54) is 42.4 Å². The molecule has 0 unspecified atom stereocenters. The predicted octanol–water partition coefficient (Wildman–Crippen LogP) is 10.7. The molecule has 2 heterocycles. The minimum atomic E-state index is 0. The van der Waals surface area contributed by atoms with Crippen molar-refractivity contribution in [2.24, 2.45) is 0 Å². The van der Waals surface area contributed by atoms with Crippen LogP contribution in [0.5, 0.6) is 0 Å². The summed E-state index contributed by atoms with van der Waals surface area (Å²) < 4.78 is 8.74. The maximum atomic E-state index is 6.02. The molecule has 0 N–H and O–H groups in total. The Morgan fingerprint density at radius 1 is 0.392 bits per heavy atom. The van der Waals surface area contributed by atoms with Crippen molar-refractivity contribution in [2.45, 2.75) is 0 Å². The monoisotopic (exact) mass is 678 g/mol. The summed E-state index contributed by atoms with van der Waals surface area (Å²) in [4.78, 5) is 0.